The first kappa shape index (κ1) is 20.2. The average molecular weight is 381 g/mol. The van der Waals surface area contributed by atoms with E-state index in [2.05, 4.69) is 10.0 Å². The molecule has 144 valence electrons. The van der Waals surface area contributed by atoms with E-state index in [4.69, 9.17) is 0 Å². The van der Waals surface area contributed by atoms with Crippen molar-refractivity contribution in [2.24, 2.45) is 5.92 Å². The van der Waals surface area contributed by atoms with Gasteiger partial charge in [-0.3, -0.25) is 14.3 Å². The molecule has 26 heavy (non-hydrogen) atoms. The second-order valence-electron chi connectivity index (χ2n) is 7.18. The van der Waals surface area contributed by atoms with E-state index in [-0.39, 0.29) is 17.9 Å². The van der Waals surface area contributed by atoms with Crippen molar-refractivity contribution in [2.45, 2.75) is 39.2 Å². The summed E-state index contributed by atoms with van der Waals surface area (Å²) in [5, 5.41) is 2.99. The second-order valence-corrected chi connectivity index (χ2v) is 8.93. The normalized spacial score (nSPS) is 15.8. The third kappa shape index (κ3) is 6.33. The van der Waals surface area contributed by atoms with Gasteiger partial charge in [-0.2, -0.15) is 0 Å². The Balaban J connectivity index is 1.84. The first-order chi connectivity index (χ1) is 12.1. The molecule has 1 fully saturated rings. The van der Waals surface area contributed by atoms with E-state index in [1.165, 1.54) is 0 Å². The highest BCUT2D eigenvalue weighted by Gasteiger charge is 2.24. The van der Waals surface area contributed by atoms with Gasteiger partial charge in [-0.05, 0) is 43.0 Å². The number of carbonyl (C=O) groups excluding carboxylic acids is 2. The van der Waals surface area contributed by atoms with Crippen LogP contribution in [-0.2, 0) is 14.8 Å². The fourth-order valence-corrected chi connectivity index (χ4v) is 3.49. The van der Waals surface area contributed by atoms with Crippen molar-refractivity contribution in [2.75, 3.05) is 24.1 Å². The number of piperidine rings is 1. The molecule has 2 N–H and O–H groups in total. The van der Waals surface area contributed by atoms with Crippen molar-refractivity contribution in [3.8, 4) is 0 Å². The molecule has 1 heterocycles. The van der Waals surface area contributed by atoms with Gasteiger partial charge in [-0.1, -0.05) is 13.8 Å². The fourth-order valence-electron chi connectivity index (χ4n) is 2.92. The van der Waals surface area contributed by atoms with Gasteiger partial charge in [0.05, 0.1) is 6.26 Å². The van der Waals surface area contributed by atoms with Crippen molar-refractivity contribution in [3.05, 3.63) is 29.8 Å². The van der Waals surface area contributed by atoms with Crippen molar-refractivity contribution in [1.82, 2.24) is 10.2 Å². The maximum Gasteiger partial charge on any atom is 0.251 e. The largest absolute Gasteiger partial charge is 0.349 e. The molecule has 0 bridgehead atoms. The number of hydrogen-bond acceptors (Lipinski definition) is 4. The van der Waals surface area contributed by atoms with Crippen molar-refractivity contribution in [1.29, 1.82) is 0 Å². The lowest BCUT2D eigenvalue weighted by atomic mass is 10.0. The first-order valence-corrected chi connectivity index (χ1v) is 10.7. The molecule has 8 heteroatoms. The number of rotatable bonds is 6. The lowest BCUT2D eigenvalue weighted by Gasteiger charge is -2.32. The molecule has 1 aromatic carbocycles. The van der Waals surface area contributed by atoms with Crippen molar-refractivity contribution >= 4 is 27.5 Å². The minimum Gasteiger partial charge on any atom is -0.349 e. The van der Waals surface area contributed by atoms with E-state index in [0.29, 0.717) is 36.7 Å². The van der Waals surface area contributed by atoms with Crippen LogP contribution in [0.15, 0.2) is 24.3 Å². The number of benzene rings is 1. The topological polar surface area (TPSA) is 95.6 Å². The SMILES string of the molecule is CC(C)CC(=O)N1CCC(NC(=O)c2ccc(NS(C)(=O)=O)cc2)CC1. The third-order valence-corrected chi connectivity index (χ3v) is 4.82. The van der Waals surface area contributed by atoms with Crippen molar-refractivity contribution < 1.29 is 18.0 Å². The Hall–Kier alpha value is -2.09. The van der Waals surface area contributed by atoms with Gasteiger partial charge < -0.3 is 10.2 Å². The number of likely N-dealkylation sites (tertiary alicyclic amines) is 1. The molecule has 0 unspecified atom stereocenters. The Morgan fingerprint density at radius 1 is 1.15 bits per heavy atom. The number of nitrogens with zero attached hydrogens (tertiary/aromatic N) is 1. The van der Waals surface area contributed by atoms with Gasteiger partial charge in [0.25, 0.3) is 5.91 Å². The van der Waals surface area contributed by atoms with Crippen LogP contribution in [0.5, 0.6) is 0 Å². The molecule has 0 spiro atoms. The lowest BCUT2D eigenvalue weighted by molar-refractivity contribution is -0.133. The number of anilines is 1. The van der Waals surface area contributed by atoms with Crippen LogP contribution in [0.25, 0.3) is 0 Å². The summed E-state index contributed by atoms with van der Waals surface area (Å²) in [5.41, 5.74) is 0.892. The molecular formula is C18H27N3O4S. The molecule has 2 rings (SSSR count). The lowest BCUT2D eigenvalue weighted by Crippen LogP contribution is -2.46. The van der Waals surface area contributed by atoms with Gasteiger partial charge in [-0.15, -0.1) is 0 Å². The zero-order valence-electron chi connectivity index (χ0n) is 15.5. The van der Waals surface area contributed by atoms with Crippen LogP contribution in [0.3, 0.4) is 0 Å². The van der Waals surface area contributed by atoms with E-state index in [1.54, 1.807) is 24.3 Å². The number of hydrogen-bond donors (Lipinski definition) is 2. The Morgan fingerprint density at radius 3 is 2.23 bits per heavy atom. The van der Waals surface area contributed by atoms with Crippen LogP contribution in [0.4, 0.5) is 5.69 Å². The number of amides is 2. The summed E-state index contributed by atoms with van der Waals surface area (Å²) in [6, 6.07) is 6.33. The molecule has 0 radical (unpaired) electrons. The van der Waals surface area contributed by atoms with Crippen LogP contribution in [0.1, 0.15) is 43.5 Å². The second kappa shape index (κ2) is 8.53. The summed E-state index contributed by atoms with van der Waals surface area (Å²) < 4.78 is 24.8. The Kier molecular flexibility index (Phi) is 6.63. The minimum absolute atomic E-state index is 0.0411. The van der Waals surface area contributed by atoms with Crippen LogP contribution >= 0.6 is 0 Å². The predicted octanol–water partition coefficient (Wildman–Crippen LogP) is 1.82. The van der Waals surface area contributed by atoms with Gasteiger partial charge in [0, 0.05) is 36.8 Å². The van der Waals surface area contributed by atoms with E-state index in [1.807, 2.05) is 18.7 Å². The standard InChI is InChI=1S/C18H27N3O4S/c1-13(2)12-17(22)21-10-8-15(9-11-21)19-18(23)14-4-6-16(7-5-14)20-26(3,24)25/h4-7,13,15,20H,8-12H2,1-3H3,(H,19,23). The predicted molar refractivity (Wildman–Crippen MR) is 101 cm³/mol. The molecule has 1 aromatic rings. The average Bonchev–Trinajstić information content (AvgIpc) is 2.54. The molecule has 7 nitrogen and oxygen atoms in total. The highest BCUT2D eigenvalue weighted by Crippen LogP contribution is 2.15. The molecule has 0 aliphatic carbocycles. The van der Waals surface area contributed by atoms with Gasteiger partial charge in [0.2, 0.25) is 15.9 Å². The van der Waals surface area contributed by atoms with E-state index in [9.17, 15) is 18.0 Å². The summed E-state index contributed by atoms with van der Waals surface area (Å²) in [5.74, 6) is 0.335. The van der Waals surface area contributed by atoms with E-state index < -0.39 is 10.0 Å². The van der Waals surface area contributed by atoms with Crippen LogP contribution < -0.4 is 10.0 Å². The molecule has 1 aliphatic rings. The highest BCUT2D eigenvalue weighted by molar-refractivity contribution is 7.92. The summed E-state index contributed by atoms with van der Waals surface area (Å²) in [6.07, 6.45) is 3.11. The van der Waals surface area contributed by atoms with E-state index >= 15 is 0 Å². The van der Waals surface area contributed by atoms with Crippen LogP contribution in [0.2, 0.25) is 0 Å². The van der Waals surface area contributed by atoms with Gasteiger partial charge in [0.15, 0.2) is 0 Å². The molecule has 0 atom stereocenters. The summed E-state index contributed by atoms with van der Waals surface area (Å²) in [4.78, 5) is 26.3. The zero-order valence-corrected chi connectivity index (χ0v) is 16.3. The Labute approximate surface area is 155 Å². The molecular weight excluding hydrogens is 354 g/mol. The maximum absolute atomic E-state index is 12.3. The van der Waals surface area contributed by atoms with Crippen molar-refractivity contribution in [3.63, 3.8) is 0 Å². The smallest absolute Gasteiger partial charge is 0.251 e. The summed E-state index contributed by atoms with van der Waals surface area (Å²) >= 11 is 0. The zero-order chi connectivity index (χ0) is 19.3. The number of nitrogens with one attached hydrogen (secondary N) is 2. The maximum atomic E-state index is 12.3. The molecule has 0 saturated carbocycles. The Bertz CT molecular complexity index is 736. The number of sulfonamides is 1. The Morgan fingerprint density at radius 2 is 1.73 bits per heavy atom. The highest BCUT2D eigenvalue weighted by atomic mass is 32.2. The third-order valence-electron chi connectivity index (χ3n) is 4.22. The number of carbonyl (C=O) groups is 2. The molecule has 2 amide bonds. The molecule has 1 saturated heterocycles. The fraction of sp³-hybridized carbons (Fsp3) is 0.556. The minimum atomic E-state index is -3.34. The van der Waals surface area contributed by atoms with E-state index in [0.717, 1.165) is 19.1 Å². The van der Waals surface area contributed by atoms with Gasteiger partial charge in [-0.25, -0.2) is 8.42 Å². The van der Waals surface area contributed by atoms with Crippen LogP contribution in [0, 0.1) is 5.92 Å². The monoisotopic (exact) mass is 381 g/mol. The quantitative estimate of drug-likeness (QED) is 0.786. The van der Waals surface area contributed by atoms with Crippen LogP contribution in [-0.4, -0.2) is 50.5 Å². The summed E-state index contributed by atoms with van der Waals surface area (Å²) in [7, 11) is -3.34. The van der Waals surface area contributed by atoms with Gasteiger partial charge >= 0.3 is 0 Å². The van der Waals surface area contributed by atoms with Gasteiger partial charge in [0.1, 0.15) is 0 Å². The first-order valence-electron chi connectivity index (χ1n) is 8.80. The summed E-state index contributed by atoms with van der Waals surface area (Å²) in [6.45, 7) is 5.38. The molecule has 1 aliphatic heterocycles. The molecule has 0 aromatic heterocycles.